The van der Waals surface area contributed by atoms with Crippen LogP contribution in [0.3, 0.4) is 0 Å². The molecule has 1 aromatic carbocycles. The largest absolute Gasteiger partial charge is 0.328 e. The fourth-order valence-corrected chi connectivity index (χ4v) is 2.80. The summed E-state index contributed by atoms with van der Waals surface area (Å²) in [5, 5.41) is 7.89. The Morgan fingerprint density at radius 2 is 2.11 bits per heavy atom. The zero-order valence-corrected chi connectivity index (χ0v) is 10.7. The minimum atomic E-state index is -1.42. The van der Waals surface area contributed by atoms with Gasteiger partial charge in [-0.2, -0.15) is 0 Å². The third-order valence-corrected chi connectivity index (χ3v) is 3.74. The number of hydrogen-bond donors (Lipinski definition) is 1. The van der Waals surface area contributed by atoms with Gasteiger partial charge in [0.05, 0.1) is 11.9 Å². The highest BCUT2D eigenvalue weighted by Gasteiger charge is 2.40. The van der Waals surface area contributed by atoms with Crippen molar-refractivity contribution in [2.45, 2.75) is 37.4 Å². The van der Waals surface area contributed by atoms with E-state index in [0.717, 1.165) is 18.5 Å². The maximum atomic E-state index is 15.2. The predicted molar refractivity (Wildman–Crippen MR) is 70.6 cm³/mol. The van der Waals surface area contributed by atoms with Gasteiger partial charge in [-0.25, -0.2) is 9.07 Å². The molecule has 1 aliphatic rings. The van der Waals surface area contributed by atoms with Crippen molar-refractivity contribution in [3.8, 4) is 5.69 Å². The molecule has 0 bridgehead atoms. The lowest BCUT2D eigenvalue weighted by Gasteiger charge is -2.32. The molecule has 4 nitrogen and oxygen atoms in total. The van der Waals surface area contributed by atoms with Crippen LogP contribution in [-0.4, -0.2) is 21.0 Å². The van der Waals surface area contributed by atoms with E-state index >= 15 is 4.39 Å². The van der Waals surface area contributed by atoms with Crippen LogP contribution >= 0.6 is 0 Å². The molecule has 1 heterocycles. The molecule has 5 heteroatoms. The predicted octanol–water partition coefficient (Wildman–Crippen LogP) is 2.33. The smallest absolute Gasteiger partial charge is 0.155 e. The summed E-state index contributed by atoms with van der Waals surface area (Å²) < 4.78 is 16.7. The third-order valence-electron chi connectivity index (χ3n) is 3.74. The van der Waals surface area contributed by atoms with Gasteiger partial charge in [0, 0.05) is 12.5 Å². The van der Waals surface area contributed by atoms with Crippen LogP contribution in [0, 0.1) is 0 Å². The van der Waals surface area contributed by atoms with Gasteiger partial charge in [-0.05, 0) is 31.4 Å². The minimum Gasteiger partial charge on any atom is -0.328 e. The molecular weight excluding hydrogens is 243 g/mol. The molecule has 1 saturated carbocycles. The van der Waals surface area contributed by atoms with Gasteiger partial charge >= 0.3 is 0 Å². The van der Waals surface area contributed by atoms with E-state index in [1.807, 2.05) is 30.3 Å². The maximum Gasteiger partial charge on any atom is 0.155 e. The first-order chi connectivity index (χ1) is 9.19. The number of nitrogens with zero attached hydrogens (tertiary/aromatic N) is 3. The van der Waals surface area contributed by atoms with E-state index < -0.39 is 5.67 Å². The summed E-state index contributed by atoms with van der Waals surface area (Å²) in [6.45, 7) is 0. The summed E-state index contributed by atoms with van der Waals surface area (Å²) in [5.74, 6) is 0. The van der Waals surface area contributed by atoms with Gasteiger partial charge in [-0.15, -0.1) is 5.10 Å². The Morgan fingerprint density at radius 3 is 2.84 bits per heavy atom. The first-order valence-electron chi connectivity index (χ1n) is 6.60. The lowest BCUT2D eigenvalue weighted by molar-refractivity contribution is 0.0870. The number of rotatable bonds is 2. The van der Waals surface area contributed by atoms with Gasteiger partial charge in [0.15, 0.2) is 5.67 Å². The highest BCUT2D eigenvalue weighted by atomic mass is 19.1. The Labute approximate surface area is 111 Å². The first kappa shape index (κ1) is 12.3. The lowest BCUT2D eigenvalue weighted by Crippen LogP contribution is -2.37. The van der Waals surface area contributed by atoms with E-state index in [-0.39, 0.29) is 6.04 Å². The zero-order valence-electron chi connectivity index (χ0n) is 10.7. The van der Waals surface area contributed by atoms with Crippen LogP contribution in [0.15, 0.2) is 36.5 Å². The molecule has 2 unspecified atom stereocenters. The van der Waals surface area contributed by atoms with E-state index in [1.165, 1.54) is 6.20 Å². The number of hydrogen-bond acceptors (Lipinski definition) is 3. The van der Waals surface area contributed by atoms with E-state index in [9.17, 15) is 0 Å². The number of halogens is 1. The summed E-state index contributed by atoms with van der Waals surface area (Å²) in [5.41, 5.74) is 5.83. The monoisotopic (exact) mass is 260 g/mol. The van der Waals surface area contributed by atoms with Crippen molar-refractivity contribution in [3.05, 3.63) is 42.2 Å². The molecule has 0 saturated heterocycles. The molecule has 0 radical (unpaired) electrons. The van der Waals surface area contributed by atoms with Gasteiger partial charge in [-0.3, -0.25) is 0 Å². The molecule has 2 atom stereocenters. The average Bonchev–Trinajstić information content (AvgIpc) is 2.89. The standard InChI is InChI=1S/C14H17FN4/c15-14(8-4-5-11(16)9-14)13-10-17-18-19(13)12-6-2-1-3-7-12/h1-3,6-7,10-11H,4-5,8-9,16H2. The van der Waals surface area contributed by atoms with Crippen molar-refractivity contribution in [1.29, 1.82) is 0 Å². The van der Waals surface area contributed by atoms with Crippen LogP contribution in [0.1, 0.15) is 31.4 Å². The molecule has 1 aromatic heterocycles. The number of nitrogens with two attached hydrogens (primary N) is 1. The molecule has 2 aromatic rings. The Bertz CT molecular complexity index is 554. The van der Waals surface area contributed by atoms with Gasteiger partial charge in [0.25, 0.3) is 0 Å². The van der Waals surface area contributed by atoms with Crippen molar-refractivity contribution in [3.63, 3.8) is 0 Å². The molecule has 0 aliphatic heterocycles. The van der Waals surface area contributed by atoms with Crippen LogP contribution in [0.4, 0.5) is 4.39 Å². The van der Waals surface area contributed by atoms with Crippen LogP contribution in [0.5, 0.6) is 0 Å². The molecule has 2 N–H and O–H groups in total. The Morgan fingerprint density at radius 1 is 1.32 bits per heavy atom. The van der Waals surface area contributed by atoms with Crippen molar-refractivity contribution >= 4 is 0 Å². The second-order valence-electron chi connectivity index (χ2n) is 5.19. The highest BCUT2D eigenvalue weighted by molar-refractivity contribution is 5.33. The molecule has 0 amide bonds. The molecule has 19 heavy (non-hydrogen) atoms. The summed E-state index contributed by atoms with van der Waals surface area (Å²) >= 11 is 0. The lowest BCUT2D eigenvalue weighted by atomic mass is 9.81. The van der Waals surface area contributed by atoms with Crippen LogP contribution < -0.4 is 5.73 Å². The number of para-hydroxylation sites is 1. The van der Waals surface area contributed by atoms with E-state index in [1.54, 1.807) is 4.68 Å². The van der Waals surface area contributed by atoms with Gasteiger partial charge in [0.2, 0.25) is 0 Å². The second-order valence-corrected chi connectivity index (χ2v) is 5.19. The molecule has 1 fully saturated rings. The summed E-state index contributed by atoms with van der Waals surface area (Å²) in [6.07, 6.45) is 4.04. The number of alkyl halides is 1. The van der Waals surface area contributed by atoms with E-state index in [2.05, 4.69) is 10.3 Å². The van der Waals surface area contributed by atoms with Crippen molar-refractivity contribution in [2.24, 2.45) is 5.73 Å². The van der Waals surface area contributed by atoms with Gasteiger partial charge in [0.1, 0.15) is 5.69 Å². The van der Waals surface area contributed by atoms with E-state index in [0.29, 0.717) is 18.5 Å². The normalized spacial score (nSPS) is 27.4. The number of benzene rings is 1. The Hall–Kier alpha value is -1.75. The van der Waals surface area contributed by atoms with Crippen molar-refractivity contribution in [2.75, 3.05) is 0 Å². The van der Waals surface area contributed by atoms with E-state index in [4.69, 9.17) is 5.73 Å². The van der Waals surface area contributed by atoms with Crippen LogP contribution in [0.25, 0.3) is 5.69 Å². The average molecular weight is 260 g/mol. The summed E-state index contributed by atoms with van der Waals surface area (Å²) in [7, 11) is 0. The third kappa shape index (κ3) is 2.26. The Balaban J connectivity index is 2.00. The maximum absolute atomic E-state index is 15.2. The van der Waals surface area contributed by atoms with Gasteiger partial charge < -0.3 is 5.73 Å². The Kier molecular flexibility index (Phi) is 3.06. The highest BCUT2D eigenvalue weighted by Crippen LogP contribution is 2.40. The molecule has 3 rings (SSSR count). The quantitative estimate of drug-likeness (QED) is 0.901. The van der Waals surface area contributed by atoms with Crippen LogP contribution in [-0.2, 0) is 5.67 Å². The number of aromatic nitrogens is 3. The molecular formula is C14H17FN4. The van der Waals surface area contributed by atoms with Crippen molar-refractivity contribution in [1.82, 2.24) is 15.0 Å². The second kappa shape index (κ2) is 4.74. The zero-order chi connectivity index (χ0) is 13.3. The SMILES string of the molecule is NC1CCCC(F)(c2cnnn2-c2ccccc2)C1. The fourth-order valence-electron chi connectivity index (χ4n) is 2.80. The topological polar surface area (TPSA) is 56.7 Å². The summed E-state index contributed by atoms with van der Waals surface area (Å²) in [4.78, 5) is 0. The summed E-state index contributed by atoms with van der Waals surface area (Å²) in [6, 6.07) is 9.42. The molecule has 100 valence electrons. The van der Waals surface area contributed by atoms with Gasteiger partial charge in [-0.1, -0.05) is 23.4 Å². The molecule has 1 aliphatic carbocycles. The first-order valence-corrected chi connectivity index (χ1v) is 6.60. The van der Waals surface area contributed by atoms with Crippen molar-refractivity contribution < 1.29 is 4.39 Å². The minimum absolute atomic E-state index is 0.0853. The fraction of sp³-hybridized carbons (Fsp3) is 0.429. The molecule has 0 spiro atoms. The van der Waals surface area contributed by atoms with Crippen LogP contribution in [0.2, 0.25) is 0 Å².